The molecule has 2 aliphatic carbocycles. The number of fused-ring (bicyclic) bond motifs is 4. The fraction of sp³-hybridized carbons (Fsp3) is 0.654. The Morgan fingerprint density at radius 2 is 1.94 bits per heavy atom. The predicted octanol–water partition coefficient (Wildman–Crippen LogP) is 3.15. The van der Waals surface area contributed by atoms with E-state index in [-0.39, 0.29) is 24.1 Å². The van der Waals surface area contributed by atoms with Crippen molar-refractivity contribution in [1.82, 2.24) is 19.7 Å². The third kappa shape index (κ3) is 3.43. The smallest absolute Gasteiger partial charge is 0.317 e. The van der Waals surface area contributed by atoms with Crippen LogP contribution in [0.5, 0.6) is 5.75 Å². The van der Waals surface area contributed by atoms with E-state index in [0.717, 1.165) is 56.2 Å². The van der Waals surface area contributed by atoms with Gasteiger partial charge < -0.3 is 24.6 Å². The molecule has 2 N–H and O–H groups in total. The summed E-state index contributed by atoms with van der Waals surface area (Å²) in [6.45, 7) is 3.53. The molecule has 7 heteroatoms. The molecule has 1 aromatic heterocycles. The first-order valence-corrected chi connectivity index (χ1v) is 12.6. The number of carbonyl (C=O) groups is 1. The highest BCUT2D eigenvalue weighted by Crippen LogP contribution is 2.50. The lowest BCUT2D eigenvalue weighted by atomic mass is 9.68. The molecule has 178 valence electrons. The number of amides is 2. The number of hydrogen-bond acceptors (Lipinski definition) is 4. The van der Waals surface area contributed by atoms with E-state index in [4.69, 9.17) is 4.74 Å². The molecule has 3 heterocycles. The Hall–Kier alpha value is -2.25. The molecule has 2 saturated carbocycles. The van der Waals surface area contributed by atoms with Crippen LogP contribution in [0.25, 0.3) is 10.9 Å². The molecule has 3 fully saturated rings. The van der Waals surface area contributed by atoms with Gasteiger partial charge in [0.15, 0.2) is 0 Å². The average Bonchev–Trinajstić information content (AvgIpc) is 3.37. The Morgan fingerprint density at radius 1 is 1.18 bits per heavy atom. The van der Waals surface area contributed by atoms with Gasteiger partial charge in [-0.3, -0.25) is 4.90 Å². The minimum atomic E-state index is -0.0863. The monoisotopic (exact) mass is 452 g/mol. The fourth-order valence-corrected chi connectivity index (χ4v) is 6.71. The zero-order valence-corrected chi connectivity index (χ0v) is 19.8. The zero-order valence-electron chi connectivity index (χ0n) is 19.8. The van der Waals surface area contributed by atoms with Gasteiger partial charge in [0.05, 0.1) is 25.3 Å². The van der Waals surface area contributed by atoms with Crippen molar-refractivity contribution in [3.63, 3.8) is 0 Å². The van der Waals surface area contributed by atoms with Gasteiger partial charge in [-0.05, 0) is 49.3 Å². The molecule has 2 aromatic rings. The standard InChI is InChI=1S/C26H36N4O3/c1-28-21-11-19(33-2)9-10-20(21)23-24(28)22(13-31)29(12-17-7-8-17)14-26(23)15-30(16-26)25(32)27-18-5-3-4-6-18/h9-11,17-18,22,31H,3-8,12-16H2,1-2H3,(H,27,32)/t22-/m1/s1. The number of aryl methyl sites for hydroxylation is 1. The van der Waals surface area contributed by atoms with Crippen LogP contribution in [-0.4, -0.2) is 71.4 Å². The highest BCUT2D eigenvalue weighted by Gasteiger charge is 2.55. The molecular weight excluding hydrogens is 416 g/mol. The molecule has 0 bridgehead atoms. The number of rotatable bonds is 5. The van der Waals surface area contributed by atoms with Gasteiger partial charge in [0.1, 0.15) is 5.75 Å². The number of hydrogen-bond donors (Lipinski definition) is 2. The first kappa shape index (κ1) is 21.3. The Bertz CT molecular complexity index is 1060. The number of carbonyl (C=O) groups excluding carboxylic acids is 1. The summed E-state index contributed by atoms with van der Waals surface area (Å²) in [5.41, 5.74) is 3.60. The van der Waals surface area contributed by atoms with Gasteiger partial charge in [-0.15, -0.1) is 0 Å². The van der Waals surface area contributed by atoms with Gasteiger partial charge in [0.2, 0.25) is 0 Å². The fourth-order valence-electron chi connectivity index (χ4n) is 6.71. The maximum absolute atomic E-state index is 13.0. The molecule has 2 amide bonds. The van der Waals surface area contributed by atoms with Crippen LogP contribution >= 0.6 is 0 Å². The van der Waals surface area contributed by atoms with Gasteiger partial charge >= 0.3 is 6.03 Å². The summed E-state index contributed by atoms with van der Waals surface area (Å²) in [4.78, 5) is 17.5. The summed E-state index contributed by atoms with van der Waals surface area (Å²) in [7, 11) is 3.81. The molecule has 33 heavy (non-hydrogen) atoms. The number of urea groups is 1. The zero-order chi connectivity index (χ0) is 22.7. The molecule has 1 atom stereocenters. The second-order valence-corrected chi connectivity index (χ2v) is 10.8. The number of ether oxygens (including phenoxy) is 1. The third-order valence-electron chi connectivity index (χ3n) is 8.57. The molecular formula is C26H36N4O3. The lowest BCUT2D eigenvalue weighted by molar-refractivity contribution is 0.00999. The van der Waals surface area contributed by atoms with Crippen LogP contribution in [0.2, 0.25) is 0 Å². The molecule has 1 aromatic carbocycles. The van der Waals surface area contributed by atoms with Gasteiger partial charge in [-0.2, -0.15) is 0 Å². The molecule has 1 saturated heterocycles. The van der Waals surface area contributed by atoms with E-state index in [9.17, 15) is 9.90 Å². The lowest BCUT2D eigenvalue weighted by Gasteiger charge is -2.56. The third-order valence-corrected chi connectivity index (χ3v) is 8.57. The second kappa shape index (κ2) is 7.91. The summed E-state index contributed by atoms with van der Waals surface area (Å²) in [6, 6.07) is 6.73. The SMILES string of the molecule is COc1ccc2c3c(n(C)c2c1)[C@@H](CO)N(CC1CC1)CC31CN(C(=O)NC2CCCC2)C1. The van der Waals surface area contributed by atoms with Crippen molar-refractivity contribution in [2.45, 2.75) is 56.0 Å². The van der Waals surface area contributed by atoms with Crippen LogP contribution in [0, 0.1) is 5.92 Å². The normalized spacial score (nSPS) is 24.8. The van der Waals surface area contributed by atoms with Crippen molar-refractivity contribution in [3.8, 4) is 5.75 Å². The first-order chi connectivity index (χ1) is 16.0. The van der Waals surface area contributed by atoms with E-state index in [0.29, 0.717) is 6.04 Å². The number of likely N-dealkylation sites (tertiary alicyclic amines) is 1. The molecule has 2 aliphatic heterocycles. The summed E-state index contributed by atoms with van der Waals surface area (Å²) in [5, 5.41) is 15.0. The van der Waals surface area contributed by atoms with Crippen LogP contribution in [0.3, 0.4) is 0 Å². The maximum atomic E-state index is 13.0. The van der Waals surface area contributed by atoms with Crippen molar-refractivity contribution in [2.24, 2.45) is 13.0 Å². The predicted molar refractivity (Wildman–Crippen MR) is 128 cm³/mol. The molecule has 6 rings (SSSR count). The van der Waals surface area contributed by atoms with Crippen molar-refractivity contribution in [3.05, 3.63) is 29.5 Å². The topological polar surface area (TPSA) is 70.0 Å². The van der Waals surface area contributed by atoms with Gasteiger partial charge in [0, 0.05) is 61.8 Å². The number of nitrogens with zero attached hydrogens (tertiary/aromatic N) is 3. The van der Waals surface area contributed by atoms with Crippen LogP contribution in [-0.2, 0) is 12.5 Å². The minimum Gasteiger partial charge on any atom is -0.497 e. The number of aromatic nitrogens is 1. The number of benzene rings is 1. The van der Waals surface area contributed by atoms with Crippen molar-refractivity contribution in [1.29, 1.82) is 0 Å². The quantitative estimate of drug-likeness (QED) is 0.731. The van der Waals surface area contributed by atoms with E-state index in [1.165, 1.54) is 42.3 Å². The molecule has 4 aliphatic rings. The van der Waals surface area contributed by atoms with Crippen molar-refractivity contribution < 1.29 is 14.6 Å². The lowest BCUT2D eigenvalue weighted by Crippen LogP contribution is -2.69. The molecule has 7 nitrogen and oxygen atoms in total. The van der Waals surface area contributed by atoms with Crippen LogP contribution < -0.4 is 10.1 Å². The van der Waals surface area contributed by atoms with Gasteiger partial charge in [-0.25, -0.2) is 4.79 Å². The van der Waals surface area contributed by atoms with Crippen LogP contribution in [0.1, 0.15) is 55.8 Å². The number of nitrogens with one attached hydrogen (secondary N) is 1. The maximum Gasteiger partial charge on any atom is 0.317 e. The van der Waals surface area contributed by atoms with Crippen LogP contribution in [0.15, 0.2) is 18.2 Å². The highest BCUT2D eigenvalue weighted by atomic mass is 16.5. The van der Waals surface area contributed by atoms with Crippen molar-refractivity contribution in [2.75, 3.05) is 39.9 Å². The minimum absolute atomic E-state index is 0.00372. The largest absolute Gasteiger partial charge is 0.497 e. The molecule has 0 unspecified atom stereocenters. The number of aliphatic hydroxyl groups excluding tert-OH is 1. The molecule has 1 spiro atoms. The van der Waals surface area contributed by atoms with Gasteiger partial charge in [0.25, 0.3) is 0 Å². The second-order valence-electron chi connectivity index (χ2n) is 10.8. The highest BCUT2D eigenvalue weighted by molar-refractivity contribution is 5.89. The Kier molecular flexibility index (Phi) is 5.11. The number of methoxy groups -OCH3 is 1. The molecule has 0 radical (unpaired) electrons. The first-order valence-electron chi connectivity index (χ1n) is 12.6. The average molecular weight is 453 g/mol. The van der Waals surface area contributed by atoms with E-state index >= 15 is 0 Å². The van der Waals surface area contributed by atoms with E-state index in [2.05, 4.69) is 34.0 Å². The van der Waals surface area contributed by atoms with E-state index in [1.54, 1.807) is 7.11 Å². The number of aliphatic hydroxyl groups is 1. The van der Waals surface area contributed by atoms with Gasteiger partial charge in [-0.1, -0.05) is 12.8 Å². The van der Waals surface area contributed by atoms with E-state index < -0.39 is 0 Å². The Morgan fingerprint density at radius 3 is 2.61 bits per heavy atom. The van der Waals surface area contributed by atoms with Crippen LogP contribution in [0.4, 0.5) is 4.79 Å². The van der Waals surface area contributed by atoms with E-state index in [1.807, 2.05) is 11.0 Å². The summed E-state index contributed by atoms with van der Waals surface area (Å²) >= 11 is 0. The van der Waals surface area contributed by atoms with Crippen molar-refractivity contribution >= 4 is 16.9 Å². The summed E-state index contributed by atoms with van der Waals surface area (Å²) in [5.74, 6) is 1.59. The summed E-state index contributed by atoms with van der Waals surface area (Å²) in [6.07, 6.45) is 7.22. The summed E-state index contributed by atoms with van der Waals surface area (Å²) < 4.78 is 7.77. The Balaban J connectivity index is 1.37. The Labute approximate surface area is 195 Å².